The molecule has 0 saturated carbocycles. The zero-order chi connectivity index (χ0) is 11.1. The van der Waals surface area contributed by atoms with Crippen LogP contribution < -0.4 is 34.9 Å². The molecule has 0 aliphatic heterocycles. The fraction of sp³-hybridized carbons (Fsp3) is 0.556. The van der Waals surface area contributed by atoms with Crippen LogP contribution in [0.15, 0.2) is 11.8 Å². The Morgan fingerprint density at radius 2 is 2.13 bits per heavy atom. The summed E-state index contributed by atoms with van der Waals surface area (Å²) >= 11 is 0. The van der Waals surface area contributed by atoms with Crippen molar-refractivity contribution in [3.63, 3.8) is 0 Å². The van der Waals surface area contributed by atoms with E-state index in [1.165, 1.54) is 13.0 Å². The van der Waals surface area contributed by atoms with Crippen molar-refractivity contribution in [3.05, 3.63) is 11.8 Å². The second-order valence-electron chi connectivity index (χ2n) is 2.78. The quantitative estimate of drug-likeness (QED) is 0.311. The fourth-order valence-electron chi connectivity index (χ4n) is 0.806. The minimum atomic E-state index is -0.971. The predicted molar refractivity (Wildman–Crippen MR) is 51.7 cm³/mol. The van der Waals surface area contributed by atoms with Gasteiger partial charge in [0.05, 0.1) is 6.61 Å². The summed E-state index contributed by atoms with van der Waals surface area (Å²) in [6.45, 7) is 5.10. The number of carboxylic acids is 1. The van der Waals surface area contributed by atoms with Gasteiger partial charge in [-0.3, -0.25) is 4.79 Å². The zero-order valence-electron chi connectivity index (χ0n) is 10.5. The first-order valence-electron chi connectivity index (χ1n) is 4.31. The maximum absolute atomic E-state index is 10.9. The Labute approximate surface area is 113 Å². The van der Waals surface area contributed by atoms with Crippen LogP contribution in [-0.2, 0) is 14.3 Å². The molecule has 0 aliphatic rings. The average molecular weight is 225 g/mol. The molecule has 82 valence electrons. The van der Waals surface area contributed by atoms with Gasteiger partial charge in [0, 0.05) is 11.8 Å². The van der Waals surface area contributed by atoms with Crippen molar-refractivity contribution in [3.8, 4) is 0 Å². The van der Waals surface area contributed by atoms with Gasteiger partial charge in [0.2, 0.25) is 0 Å². The van der Waals surface area contributed by atoms with Crippen LogP contribution in [0.2, 0.25) is 0 Å². The molecule has 15 heavy (non-hydrogen) atoms. The van der Waals surface area contributed by atoms with Gasteiger partial charge in [0.1, 0.15) is 6.04 Å². The number of carbonyl (C=O) groups excluding carboxylic acids is 1. The molecular weight excluding hydrogens is 209 g/mol. The van der Waals surface area contributed by atoms with Crippen LogP contribution in [-0.4, -0.2) is 29.7 Å². The molecule has 0 fully saturated rings. The molecule has 0 saturated heterocycles. The Hall–Kier alpha value is -0.520. The van der Waals surface area contributed by atoms with E-state index < -0.39 is 18.0 Å². The van der Waals surface area contributed by atoms with Crippen LogP contribution in [0.1, 0.15) is 22.2 Å². The number of rotatable bonds is 5. The molecule has 0 aromatic heterocycles. The first-order valence-corrected chi connectivity index (χ1v) is 4.31. The Morgan fingerprint density at radius 3 is 2.53 bits per heavy atom. The summed E-state index contributed by atoms with van der Waals surface area (Å²) in [5.74, 6) is -1.45. The molecule has 0 unspecified atom stereocenters. The number of ether oxygens (including phenoxy) is 1. The van der Waals surface area contributed by atoms with Gasteiger partial charge in [0.25, 0.3) is 0 Å². The minimum Gasteiger partial charge on any atom is -1.00 e. The Kier molecular flexibility index (Phi) is 9.87. The standard InChI is InChI=1S/C9H15NO4.Na.H/c1-4-14-8(11)5-6(2)10-7(3)9(12)13;;/h5,7,10H,4H2,1-3H3,(H,12,13);;/q;+1;-1/b6-5+;;/t7-;;/m0../s1. The molecule has 6 heteroatoms. The fourth-order valence-corrected chi connectivity index (χ4v) is 0.806. The van der Waals surface area contributed by atoms with Crippen molar-refractivity contribution in [2.45, 2.75) is 26.8 Å². The third-order valence-electron chi connectivity index (χ3n) is 1.44. The molecule has 0 aliphatic carbocycles. The summed E-state index contributed by atoms with van der Waals surface area (Å²) in [5, 5.41) is 11.2. The summed E-state index contributed by atoms with van der Waals surface area (Å²) in [6.07, 6.45) is 1.23. The van der Waals surface area contributed by atoms with Crippen LogP contribution >= 0.6 is 0 Å². The van der Waals surface area contributed by atoms with E-state index in [1.54, 1.807) is 13.8 Å². The van der Waals surface area contributed by atoms with Crippen LogP contribution in [0.5, 0.6) is 0 Å². The molecule has 0 aromatic rings. The molecule has 1 atom stereocenters. The Morgan fingerprint density at radius 1 is 1.60 bits per heavy atom. The molecule has 0 rings (SSSR count). The van der Waals surface area contributed by atoms with Crippen LogP contribution in [0, 0.1) is 0 Å². The van der Waals surface area contributed by atoms with Crippen molar-refractivity contribution in [2.75, 3.05) is 6.61 Å². The number of aliphatic carboxylic acids is 1. The van der Waals surface area contributed by atoms with Crippen LogP contribution in [0.4, 0.5) is 0 Å². The van der Waals surface area contributed by atoms with E-state index in [0.717, 1.165) is 0 Å². The van der Waals surface area contributed by atoms with Crippen molar-refractivity contribution in [1.82, 2.24) is 5.32 Å². The molecule has 0 radical (unpaired) electrons. The van der Waals surface area contributed by atoms with E-state index in [9.17, 15) is 9.59 Å². The van der Waals surface area contributed by atoms with Gasteiger partial charge in [-0.2, -0.15) is 0 Å². The van der Waals surface area contributed by atoms with Crippen molar-refractivity contribution >= 4 is 11.9 Å². The van der Waals surface area contributed by atoms with E-state index in [2.05, 4.69) is 10.1 Å². The molecule has 0 spiro atoms. The Balaban J connectivity index is -0.000000845. The maximum atomic E-state index is 10.9. The SMILES string of the molecule is CCOC(=O)/C=C(\C)N[C@@H](C)C(=O)O.[H-].[Na+]. The van der Waals surface area contributed by atoms with Gasteiger partial charge < -0.3 is 16.6 Å². The van der Waals surface area contributed by atoms with E-state index in [0.29, 0.717) is 12.3 Å². The summed E-state index contributed by atoms with van der Waals surface area (Å²) in [7, 11) is 0. The average Bonchev–Trinajstić information content (AvgIpc) is 2.03. The number of nitrogens with one attached hydrogen (secondary N) is 1. The Bertz CT molecular complexity index is 258. The third-order valence-corrected chi connectivity index (χ3v) is 1.44. The normalized spacial score (nSPS) is 12.3. The first-order chi connectivity index (χ1) is 6.47. The number of hydrogen-bond acceptors (Lipinski definition) is 4. The van der Waals surface area contributed by atoms with Crippen LogP contribution in [0.25, 0.3) is 0 Å². The summed E-state index contributed by atoms with van der Waals surface area (Å²) < 4.78 is 4.65. The van der Waals surface area contributed by atoms with Gasteiger partial charge in [-0.25, -0.2) is 4.79 Å². The van der Waals surface area contributed by atoms with Crippen molar-refractivity contribution in [1.29, 1.82) is 0 Å². The maximum Gasteiger partial charge on any atom is 1.00 e. The molecule has 5 nitrogen and oxygen atoms in total. The number of carboxylic acid groups (broad SMARTS) is 1. The molecule has 0 bridgehead atoms. The topological polar surface area (TPSA) is 75.6 Å². The third kappa shape index (κ3) is 8.47. The second-order valence-corrected chi connectivity index (χ2v) is 2.78. The van der Waals surface area contributed by atoms with E-state index >= 15 is 0 Å². The van der Waals surface area contributed by atoms with Gasteiger partial charge in [0.15, 0.2) is 0 Å². The summed E-state index contributed by atoms with van der Waals surface area (Å²) in [6, 6.07) is -0.722. The van der Waals surface area contributed by atoms with Gasteiger partial charge in [-0.05, 0) is 20.8 Å². The smallest absolute Gasteiger partial charge is 1.00 e. The van der Waals surface area contributed by atoms with Crippen molar-refractivity contribution in [2.24, 2.45) is 0 Å². The van der Waals surface area contributed by atoms with Gasteiger partial charge in [-0.15, -0.1) is 0 Å². The molecule has 0 amide bonds. The second kappa shape index (κ2) is 8.76. The minimum absolute atomic E-state index is 0. The van der Waals surface area contributed by atoms with Crippen molar-refractivity contribution < 1.29 is 50.4 Å². The number of esters is 1. The van der Waals surface area contributed by atoms with Gasteiger partial charge >= 0.3 is 41.5 Å². The summed E-state index contributed by atoms with van der Waals surface area (Å²) in [5.41, 5.74) is 0.471. The molecule has 0 heterocycles. The number of carbonyl (C=O) groups is 2. The van der Waals surface area contributed by atoms with E-state index in [4.69, 9.17) is 5.11 Å². The molecule has 0 aromatic carbocycles. The number of allylic oxidation sites excluding steroid dienone is 1. The number of hydrogen-bond donors (Lipinski definition) is 2. The predicted octanol–water partition coefficient (Wildman–Crippen LogP) is -2.37. The van der Waals surface area contributed by atoms with Gasteiger partial charge in [-0.1, -0.05) is 0 Å². The molecular formula is C9H16NNaO4. The summed E-state index contributed by atoms with van der Waals surface area (Å²) in [4.78, 5) is 21.4. The monoisotopic (exact) mass is 225 g/mol. The zero-order valence-corrected chi connectivity index (χ0v) is 11.5. The van der Waals surface area contributed by atoms with E-state index in [1.807, 2.05) is 0 Å². The molecule has 2 N–H and O–H groups in total. The largest absolute Gasteiger partial charge is 1.00 e. The van der Waals surface area contributed by atoms with Crippen LogP contribution in [0.3, 0.4) is 0 Å². The first kappa shape index (κ1) is 16.9. The van der Waals surface area contributed by atoms with E-state index in [-0.39, 0.29) is 31.0 Å².